The molecule has 1 fully saturated rings. The highest BCUT2D eigenvalue weighted by atomic mass is 35.5. The lowest BCUT2D eigenvalue weighted by Gasteiger charge is -2.61. The number of Topliss-reactive ketones (excluding diaryl/α,β-unsaturated/α-hetero) is 1. The van der Waals surface area contributed by atoms with Crippen LogP contribution < -0.4 is 0 Å². The number of carbonyl (C=O) groups excluding carboxylic acids is 1. The number of ketones is 1. The van der Waals surface area contributed by atoms with E-state index in [0.29, 0.717) is 0 Å². The first-order valence-corrected chi connectivity index (χ1v) is 8.90. The Morgan fingerprint density at radius 2 is 1.41 bits per heavy atom. The van der Waals surface area contributed by atoms with Crippen LogP contribution in [0.4, 0.5) is 0 Å². The highest BCUT2D eigenvalue weighted by Crippen LogP contribution is 2.75. The van der Waals surface area contributed by atoms with Gasteiger partial charge in [-0.3, -0.25) is 4.79 Å². The summed E-state index contributed by atoms with van der Waals surface area (Å²) in [7, 11) is 0. The van der Waals surface area contributed by atoms with Crippen LogP contribution >= 0.6 is 23.2 Å². The van der Waals surface area contributed by atoms with Gasteiger partial charge in [-0.1, -0.05) is 97.2 Å². The Bertz CT molecular complexity index is 537. The first kappa shape index (κ1) is 18.3. The molecule has 0 aliphatic heterocycles. The number of hydrogen-bond donors (Lipinski definition) is 0. The second-order valence-corrected chi connectivity index (χ2v) is 11.6. The topological polar surface area (TPSA) is 17.1 Å². The zero-order valence-electron chi connectivity index (χ0n) is 15.4. The molecule has 0 bridgehead atoms. The molecular weight excluding hydrogens is 315 g/mol. The molecule has 2 aliphatic carbocycles. The molecule has 3 atom stereocenters. The van der Waals surface area contributed by atoms with E-state index in [4.69, 9.17) is 23.2 Å². The van der Waals surface area contributed by atoms with Crippen LogP contribution in [0.25, 0.3) is 0 Å². The maximum absolute atomic E-state index is 12.8. The van der Waals surface area contributed by atoms with Gasteiger partial charge in [-0.25, -0.2) is 0 Å². The van der Waals surface area contributed by atoms with Crippen molar-refractivity contribution < 1.29 is 4.79 Å². The summed E-state index contributed by atoms with van der Waals surface area (Å²) < 4.78 is -1.31. The summed E-state index contributed by atoms with van der Waals surface area (Å²) in [6.45, 7) is 19.7. The molecule has 0 heterocycles. The van der Waals surface area contributed by atoms with Crippen molar-refractivity contribution in [1.29, 1.82) is 0 Å². The predicted molar refractivity (Wildman–Crippen MR) is 95.3 cm³/mol. The summed E-state index contributed by atoms with van der Waals surface area (Å²) >= 11 is 13.2. The molecule has 2 aliphatic rings. The fourth-order valence-electron chi connectivity index (χ4n) is 4.64. The molecule has 1 unspecified atom stereocenters. The lowest BCUT2D eigenvalue weighted by molar-refractivity contribution is -0.155. The van der Waals surface area contributed by atoms with E-state index in [0.717, 1.165) is 0 Å². The Morgan fingerprint density at radius 1 is 0.955 bits per heavy atom. The number of rotatable bonds is 0. The van der Waals surface area contributed by atoms with Gasteiger partial charge < -0.3 is 0 Å². The quantitative estimate of drug-likeness (QED) is 0.386. The number of hydrogen-bond acceptors (Lipinski definition) is 1. The normalized spacial score (nSPS) is 35.0. The molecule has 0 aromatic rings. The van der Waals surface area contributed by atoms with Crippen molar-refractivity contribution in [3.63, 3.8) is 0 Å². The van der Waals surface area contributed by atoms with Crippen LogP contribution in [0.15, 0.2) is 11.6 Å². The number of carbonyl (C=O) groups is 1. The van der Waals surface area contributed by atoms with E-state index in [1.165, 1.54) is 5.57 Å². The molecule has 1 saturated carbocycles. The monoisotopic (exact) mass is 344 g/mol. The zero-order chi connectivity index (χ0) is 17.5. The second-order valence-electron chi connectivity index (χ2n) is 10.2. The van der Waals surface area contributed by atoms with Crippen LogP contribution in [0.1, 0.15) is 62.3 Å². The van der Waals surface area contributed by atoms with Crippen LogP contribution in [-0.2, 0) is 4.79 Å². The number of alkyl halides is 2. The molecular formula is C19H30Cl2O. The van der Waals surface area contributed by atoms with Gasteiger partial charge in [-0.05, 0) is 22.2 Å². The minimum Gasteiger partial charge on any atom is -0.296 e. The summed E-state index contributed by atoms with van der Waals surface area (Å²) in [5, 5.41) is 0. The number of fused-ring (bicyclic) bond motifs is 1. The molecule has 22 heavy (non-hydrogen) atoms. The van der Waals surface area contributed by atoms with Crippen LogP contribution in [0, 0.1) is 33.5 Å². The molecule has 0 aromatic heterocycles. The average Bonchev–Trinajstić information content (AvgIpc) is 2.61. The molecule has 0 spiro atoms. The standard InChI is InChI=1S/C19H30Cl2O/c1-15(2,3)11-10-18(17(7,8)9)13(12(11)16(4,5)6)14(22)19(18,20)21/h10,12-13H,1-9H3/t12?,13-,18-/m1/s1. The second kappa shape index (κ2) is 4.54. The Labute approximate surface area is 145 Å². The van der Waals surface area contributed by atoms with Gasteiger partial charge >= 0.3 is 0 Å². The van der Waals surface area contributed by atoms with Gasteiger partial charge in [0, 0.05) is 11.3 Å². The van der Waals surface area contributed by atoms with E-state index >= 15 is 0 Å². The summed E-state index contributed by atoms with van der Waals surface area (Å²) in [4.78, 5) is 12.8. The Hall–Kier alpha value is -0.0100. The smallest absolute Gasteiger partial charge is 0.186 e. The van der Waals surface area contributed by atoms with Crippen molar-refractivity contribution in [3.05, 3.63) is 11.6 Å². The lowest BCUT2D eigenvalue weighted by Crippen LogP contribution is -2.70. The average molecular weight is 345 g/mol. The third kappa shape index (κ3) is 2.07. The molecule has 1 nitrogen and oxygen atoms in total. The van der Waals surface area contributed by atoms with E-state index < -0.39 is 9.75 Å². The van der Waals surface area contributed by atoms with Crippen molar-refractivity contribution in [2.45, 2.75) is 66.6 Å². The fourth-order valence-corrected chi connectivity index (χ4v) is 5.78. The molecule has 0 N–H and O–H groups in total. The van der Waals surface area contributed by atoms with Crippen LogP contribution in [0.3, 0.4) is 0 Å². The Kier molecular flexibility index (Phi) is 3.78. The van der Waals surface area contributed by atoms with Crippen LogP contribution in [-0.4, -0.2) is 10.1 Å². The Morgan fingerprint density at radius 3 is 1.73 bits per heavy atom. The van der Waals surface area contributed by atoms with Gasteiger partial charge in [-0.2, -0.15) is 0 Å². The summed E-state index contributed by atoms with van der Waals surface area (Å²) in [5.74, 6) is 0.0720. The van der Waals surface area contributed by atoms with E-state index in [9.17, 15) is 4.79 Å². The van der Waals surface area contributed by atoms with Crippen molar-refractivity contribution in [3.8, 4) is 0 Å². The third-order valence-corrected chi connectivity index (χ3v) is 6.69. The van der Waals surface area contributed by atoms with E-state index in [2.05, 4.69) is 68.4 Å². The summed E-state index contributed by atoms with van der Waals surface area (Å²) in [6, 6.07) is 0. The highest BCUT2D eigenvalue weighted by Gasteiger charge is 2.79. The van der Waals surface area contributed by atoms with Gasteiger partial charge in [0.15, 0.2) is 10.1 Å². The lowest BCUT2D eigenvalue weighted by atomic mass is 9.46. The zero-order valence-corrected chi connectivity index (χ0v) is 16.9. The third-order valence-electron chi connectivity index (χ3n) is 5.69. The number of halogens is 2. The van der Waals surface area contributed by atoms with Crippen molar-refractivity contribution in [2.24, 2.45) is 33.5 Å². The molecule has 0 radical (unpaired) electrons. The molecule has 0 aromatic carbocycles. The van der Waals surface area contributed by atoms with E-state index in [1.54, 1.807) is 0 Å². The van der Waals surface area contributed by atoms with Gasteiger partial charge in [0.25, 0.3) is 0 Å². The van der Waals surface area contributed by atoms with Crippen molar-refractivity contribution in [2.75, 3.05) is 0 Å². The minimum atomic E-state index is -1.31. The van der Waals surface area contributed by atoms with Gasteiger partial charge in [0.05, 0.1) is 0 Å². The van der Waals surface area contributed by atoms with Crippen molar-refractivity contribution in [1.82, 2.24) is 0 Å². The van der Waals surface area contributed by atoms with E-state index in [-0.39, 0.29) is 33.9 Å². The van der Waals surface area contributed by atoms with Gasteiger partial charge in [0.2, 0.25) is 0 Å². The summed E-state index contributed by atoms with van der Waals surface area (Å²) in [5.41, 5.74) is 0.664. The summed E-state index contributed by atoms with van der Waals surface area (Å²) in [6.07, 6.45) is 2.27. The molecule has 126 valence electrons. The van der Waals surface area contributed by atoms with Gasteiger partial charge in [0.1, 0.15) is 0 Å². The molecule has 3 heteroatoms. The van der Waals surface area contributed by atoms with E-state index in [1.807, 2.05) is 0 Å². The first-order valence-electron chi connectivity index (χ1n) is 8.15. The SMILES string of the molecule is CC(C)(C)C1=C[C@]2(C(C)(C)C)[C@@H](C(=O)C2(Cl)Cl)C1C(C)(C)C. The maximum atomic E-state index is 12.8. The Balaban J connectivity index is 2.75. The fraction of sp³-hybridized carbons (Fsp3) is 0.842. The highest BCUT2D eigenvalue weighted by molar-refractivity contribution is 6.61. The molecule has 0 amide bonds. The van der Waals surface area contributed by atoms with Gasteiger partial charge in [-0.15, -0.1) is 0 Å². The predicted octanol–water partition coefficient (Wildman–Crippen LogP) is 6.04. The largest absolute Gasteiger partial charge is 0.296 e. The number of allylic oxidation sites excluding steroid dienone is 2. The van der Waals surface area contributed by atoms with Crippen molar-refractivity contribution >= 4 is 29.0 Å². The van der Waals surface area contributed by atoms with Crippen LogP contribution in [0.5, 0.6) is 0 Å². The van der Waals surface area contributed by atoms with Crippen LogP contribution in [0.2, 0.25) is 0 Å². The minimum absolute atomic E-state index is 0.00110. The molecule has 0 saturated heterocycles. The first-order chi connectivity index (χ1) is 9.49. The molecule has 2 rings (SSSR count). The maximum Gasteiger partial charge on any atom is 0.186 e.